The van der Waals surface area contributed by atoms with E-state index >= 15 is 0 Å². The summed E-state index contributed by atoms with van der Waals surface area (Å²) < 4.78 is 0. The minimum atomic E-state index is 0.0550. The summed E-state index contributed by atoms with van der Waals surface area (Å²) in [6.45, 7) is 7.48. The predicted octanol–water partition coefficient (Wildman–Crippen LogP) is 2.33. The van der Waals surface area contributed by atoms with Crippen molar-refractivity contribution in [2.45, 2.75) is 45.7 Å². The van der Waals surface area contributed by atoms with Gasteiger partial charge >= 0.3 is 0 Å². The molecule has 0 saturated heterocycles. The average molecular weight is 289 g/mol. The second-order valence-corrected chi connectivity index (χ2v) is 6.30. The van der Waals surface area contributed by atoms with Crippen LogP contribution in [0.3, 0.4) is 0 Å². The molecule has 0 radical (unpaired) electrons. The maximum atomic E-state index is 12.3. The minimum absolute atomic E-state index is 0.0550. The Bertz CT molecular complexity index is 511. The maximum absolute atomic E-state index is 12.3. The van der Waals surface area contributed by atoms with E-state index in [0.717, 1.165) is 19.4 Å². The molecule has 1 aliphatic rings. The largest absolute Gasteiger partial charge is 0.362 e. The zero-order valence-corrected chi connectivity index (χ0v) is 13.6. The highest BCUT2D eigenvalue weighted by atomic mass is 16.2. The molecule has 1 aliphatic heterocycles. The van der Waals surface area contributed by atoms with Gasteiger partial charge in [-0.1, -0.05) is 12.1 Å². The van der Waals surface area contributed by atoms with Crippen LogP contribution in [0.2, 0.25) is 0 Å². The van der Waals surface area contributed by atoms with Crippen LogP contribution in [0.4, 0.5) is 5.69 Å². The number of amides is 1. The fourth-order valence-electron chi connectivity index (χ4n) is 2.71. The minimum Gasteiger partial charge on any atom is -0.362 e. The summed E-state index contributed by atoms with van der Waals surface area (Å²) in [7, 11) is 1.87. The number of likely N-dealkylation sites (N-methyl/N-ethyl adjacent to an activating group) is 1. The van der Waals surface area contributed by atoms with E-state index in [1.165, 1.54) is 16.8 Å². The predicted molar refractivity (Wildman–Crippen MR) is 87.5 cm³/mol. The van der Waals surface area contributed by atoms with Gasteiger partial charge in [0.1, 0.15) is 0 Å². The molecule has 21 heavy (non-hydrogen) atoms. The first kappa shape index (κ1) is 15.8. The molecule has 1 amide bonds. The zero-order valence-electron chi connectivity index (χ0n) is 13.6. The summed E-state index contributed by atoms with van der Waals surface area (Å²) in [6, 6.07) is 6.69. The van der Waals surface area contributed by atoms with Crippen LogP contribution in [0.25, 0.3) is 0 Å². The molecule has 0 fully saturated rings. The SMILES string of the molecule is CC(N)c1ccc2c(c1)CCCN2CC(=O)N(C)C(C)C. The van der Waals surface area contributed by atoms with Gasteiger partial charge in [-0.15, -0.1) is 0 Å². The highest BCUT2D eigenvalue weighted by Gasteiger charge is 2.22. The molecule has 1 unspecified atom stereocenters. The molecule has 1 heterocycles. The van der Waals surface area contributed by atoms with Crippen molar-refractivity contribution in [2.75, 3.05) is 25.0 Å². The number of hydrogen-bond donors (Lipinski definition) is 1. The number of rotatable bonds is 4. The van der Waals surface area contributed by atoms with Crippen LogP contribution >= 0.6 is 0 Å². The van der Waals surface area contributed by atoms with Gasteiger partial charge < -0.3 is 15.5 Å². The van der Waals surface area contributed by atoms with Crippen molar-refractivity contribution < 1.29 is 4.79 Å². The highest BCUT2D eigenvalue weighted by Crippen LogP contribution is 2.29. The highest BCUT2D eigenvalue weighted by molar-refractivity contribution is 5.82. The molecule has 0 aliphatic carbocycles. The molecule has 0 saturated carbocycles. The number of fused-ring (bicyclic) bond motifs is 1. The van der Waals surface area contributed by atoms with Crippen molar-refractivity contribution in [1.82, 2.24) is 4.90 Å². The Morgan fingerprint density at radius 2 is 2.10 bits per heavy atom. The fourth-order valence-corrected chi connectivity index (χ4v) is 2.71. The summed E-state index contributed by atoms with van der Waals surface area (Å²) in [5.41, 5.74) is 9.64. The van der Waals surface area contributed by atoms with Gasteiger partial charge in [0.2, 0.25) is 5.91 Å². The lowest BCUT2D eigenvalue weighted by Gasteiger charge is -2.33. The Kier molecular flexibility index (Phi) is 4.88. The molecule has 0 bridgehead atoms. The van der Waals surface area contributed by atoms with Crippen molar-refractivity contribution >= 4 is 11.6 Å². The van der Waals surface area contributed by atoms with E-state index in [-0.39, 0.29) is 18.0 Å². The van der Waals surface area contributed by atoms with Crippen molar-refractivity contribution in [2.24, 2.45) is 5.73 Å². The summed E-state index contributed by atoms with van der Waals surface area (Å²) in [5.74, 6) is 0.175. The molecule has 0 aromatic heterocycles. The summed E-state index contributed by atoms with van der Waals surface area (Å²) >= 11 is 0. The Morgan fingerprint density at radius 3 is 2.71 bits per heavy atom. The summed E-state index contributed by atoms with van der Waals surface area (Å²) in [6.07, 6.45) is 2.16. The number of carbonyl (C=O) groups is 1. The van der Waals surface area contributed by atoms with E-state index < -0.39 is 0 Å². The van der Waals surface area contributed by atoms with Crippen molar-refractivity contribution in [3.8, 4) is 0 Å². The number of anilines is 1. The van der Waals surface area contributed by atoms with Crippen molar-refractivity contribution in [3.05, 3.63) is 29.3 Å². The second kappa shape index (κ2) is 6.48. The van der Waals surface area contributed by atoms with Gasteiger partial charge in [-0.2, -0.15) is 0 Å². The van der Waals surface area contributed by atoms with Crippen LogP contribution in [0.1, 0.15) is 44.4 Å². The topological polar surface area (TPSA) is 49.6 Å². The van der Waals surface area contributed by atoms with Gasteiger partial charge in [0.25, 0.3) is 0 Å². The lowest BCUT2D eigenvalue weighted by molar-refractivity contribution is -0.129. The Morgan fingerprint density at radius 1 is 1.38 bits per heavy atom. The number of nitrogens with zero attached hydrogens (tertiary/aromatic N) is 2. The normalized spacial score (nSPS) is 15.8. The molecule has 2 N–H and O–H groups in total. The summed E-state index contributed by atoms with van der Waals surface area (Å²) in [4.78, 5) is 16.3. The fraction of sp³-hybridized carbons (Fsp3) is 0.588. The van der Waals surface area contributed by atoms with Crippen LogP contribution in [0.5, 0.6) is 0 Å². The average Bonchev–Trinajstić information content (AvgIpc) is 2.45. The lowest BCUT2D eigenvalue weighted by atomic mass is 9.97. The molecule has 4 nitrogen and oxygen atoms in total. The van der Waals surface area contributed by atoms with Gasteiger partial charge in [-0.05, 0) is 50.8 Å². The number of benzene rings is 1. The molecule has 1 atom stereocenters. The summed E-state index contributed by atoms with van der Waals surface area (Å²) in [5, 5.41) is 0. The maximum Gasteiger partial charge on any atom is 0.242 e. The number of hydrogen-bond acceptors (Lipinski definition) is 3. The lowest BCUT2D eigenvalue weighted by Crippen LogP contribution is -2.43. The van der Waals surface area contributed by atoms with Gasteiger partial charge in [0.15, 0.2) is 0 Å². The number of aryl methyl sites for hydroxylation is 1. The quantitative estimate of drug-likeness (QED) is 0.925. The molecule has 1 aromatic rings. The van der Waals surface area contributed by atoms with Crippen LogP contribution in [0, 0.1) is 0 Å². The first-order chi connectivity index (χ1) is 9.90. The number of carbonyl (C=O) groups excluding carboxylic acids is 1. The molecule has 2 rings (SSSR count). The number of nitrogens with two attached hydrogens (primary N) is 1. The van der Waals surface area contributed by atoms with Gasteiger partial charge in [-0.3, -0.25) is 4.79 Å². The molecule has 4 heteroatoms. The molecular weight excluding hydrogens is 262 g/mol. The Labute approximate surface area is 127 Å². The first-order valence-corrected chi connectivity index (χ1v) is 7.79. The third-order valence-corrected chi connectivity index (χ3v) is 4.34. The van der Waals surface area contributed by atoms with E-state index in [1.807, 2.05) is 32.7 Å². The third-order valence-electron chi connectivity index (χ3n) is 4.34. The molecule has 0 spiro atoms. The van der Waals surface area contributed by atoms with Gasteiger partial charge in [0.05, 0.1) is 6.54 Å². The van der Waals surface area contributed by atoms with Gasteiger partial charge in [0, 0.05) is 31.4 Å². The van der Waals surface area contributed by atoms with Crippen LogP contribution < -0.4 is 10.6 Å². The van der Waals surface area contributed by atoms with Crippen molar-refractivity contribution in [1.29, 1.82) is 0 Å². The van der Waals surface area contributed by atoms with Crippen LogP contribution in [-0.4, -0.2) is 37.0 Å². The van der Waals surface area contributed by atoms with Crippen LogP contribution in [0.15, 0.2) is 18.2 Å². The Balaban J connectivity index is 2.17. The van der Waals surface area contributed by atoms with E-state index in [9.17, 15) is 4.79 Å². The standard InChI is InChI=1S/C17H27N3O/c1-12(2)19(4)17(21)11-20-9-5-6-15-10-14(13(3)18)7-8-16(15)20/h7-8,10,12-13H,5-6,9,11,18H2,1-4H3. The molecule has 116 valence electrons. The molecular formula is C17H27N3O. The van der Waals surface area contributed by atoms with Gasteiger partial charge in [-0.25, -0.2) is 0 Å². The monoisotopic (exact) mass is 289 g/mol. The van der Waals surface area contributed by atoms with E-state index in [1.54, 1.807) is 0 Å². The van der Waals surface area contributed by atoms with Crippen LogP contribution in [-0.2, 0) is 11.2 Å². The third kappa shape index (κ3) is 3.56. The first-order valence-electron chi connectivity index (χ1n) is 7.79. The van der Waals surface area contributed by atoms with E-state index in [2.05, 4.69) is 23.1 Å². The smallest absolute Gasteiger partial charge is 0.242 e. The zero-order chi connectivity index (χ0) is 15.6. The molecule has 1 aromatic carbocycles. The van der Waals surface area contributed by atoms with E-state index in [4.69, 9.17) is 5.73 Å². The van der Waals surface area contributed by atoms with Crippen molar-refractivity contribution in [3.63, 3.8) is 0 Å². The van der Waals surface area contributed by atoms with E-state index in [0.29, 0.717) is 6.54 Å². The Hall–Kier alpha value is -1.55. The second-order valence-electron chi connectivity index (χ2n) is 6.30.